The molecular weight excluding hydrogens is 188 g/mol. The van der Waals surface area contributed by atoms with Gasteiger partial charge in [0.2, 0.25) is 0 Å². The van der Waals surface area contributed by atoms with Crippen LogP contribution in [-0.2, 0) is 9.53 Å². The summed E-state index contributed by atoms with van der Waals surface area (Å²) in [6.45, 7) is 1.53. The topological polar surface area (TPSA) is 26.3 Å². The third-order valence-electron chi connectivity index (χ3n) is 5.24. The number of allylic oxidation sites excluding steroid dienone is 1. The van der Waals surface area contributed by atoms with E-state index in [1.807, 2.05) is 0 Å². The summed E-state index contributed by atoms with van der Waals surface area (Å²) in [4.78, 5) is 11.1. The smallest absolute Gasteiger partial charge is 0.303 e. The van der Waals surface area contributed by atoms with E-state index >= 15 is 0 Å². The maximum absolute atomic E-state index is 11.1. The van der Waals surface area contributed by atoms with Crippen LogP contribution in [0.4, 0.5) is 0 Å². The van der Waals surface area contributed by atoms with E-state index < -0.39 is 0 Å². The number of carbonyl (C=O) groups excluding carboxylic acids is 1. The highest BCUT2D eigenvalue weighted by Crippen LogP contribution is 2.77. The van der Waals surface area contributed by atoms with Crippen molar-refractivity contribution in [2.24, 2.45) is 35.5 Å². The third-order valence-corrected chi connectivity index (χ3v) is 5.24. The van der Waals surface area contributed by atoms with E-state index in [2.05, 4.69) is 12.2 Å². The number of hydrogen-bond acceptors (Lipinski definition) is 2. The molecule has 4 fully saturated rings. The lowest BCUT2D eigenvalue weighted by Crippen LogP contribution is -2.27. The summed E-state index contributed by atoms with van der Waals surface area (Å²) in [6.07, 6.45) is 7.15. The zero-order valence-electron chi connectivity index (χ0n) is 8.93. The maximum Gasteiger partial charge on any atom is 0.303 e. The van der Waals surface area contributed by atoms with Gasteiger partial charge in [0, 0.05) is 12.8 Å². The first-order valence-electron chi connectivity index (χ1n) is 6.11. The van der Waals surface area contributed by atoms with Crippen LogP contribution in [0, 0.1) is 35.5 Å². The largest absolute Gasteiger partial charge is 0.458 e. The second kappa shape index (κ2) is 2.47. The summed E-state index contributed by atoms with van der Waals surface area (Å²) in [5, 5.41) is 0. The minimum atomic E-state index is -0.121. The number of ether oxygens (including phenoxy) is 1. The SMILES string of the molecule is CC(=O)O[C@@H]1C=CC[C@H]2[C@@H]3C[C@@H]4[C@H]2[C@@H]4[C@@H]31. The van der Waals surface area contributed by atoms with Crippen molar-refractivity contribution in [1.82, 2.24) is 0 Å². The van der Waals surface area contributed by atoms with Gasteiger partial charge >= 0.3 is 5.97 Å². The maximum atomic E-state index is 11.1. The monoisotopic (exact) mass is 204 g/mol. The van der Waals surface area contributed by atoms with Crippen LogP contribution >= 0.6 is 0 Å². The fourth-order valence-corrected chi connectivity index (χ4v) is 4.99. The molecule has 0 amide bonds. The third kappa shape index (κ3) is 0.889. The molecular formula is C13H16O2. The molecule has 0 radical (unpaired) electrons. The van der Waals surface area contributed by atoms with E-state index in [0.717, 1.165) is 29.6 Å². The van der Waals surface area contributed by atoms with E-state index in [1.165, 1.54) is 19.8 Å². The van der Waals surface area contributed by atoms with E-state index in [4.69, 9.17) is 4.74 Å². The molecule has 2 heteroatoms. The molecule has 0 heterocycles. The first kappa shape index (κ1) is 8.37. The molecule has 0 aliphatic heterocycles. The van der Waals surface area contributed by atoms with Crippen molar-refractivity contribution in [3.8, 4) is 0 Å². The van der Waals surface area contributed by atoms with E-state index in [9.17, 15) is 4.79 Å². The molecule has 5 rings (SSSR count). The van der Waals surface area contributed by atoms with Crippen molar-refractivity contribution in [1.29, 1.82) is 0 Å². The first-order valence-corrected chi connectivity index (χ1v) is 6.11. The molecule has 0 unspecified atom stereocenters. The molecule has 4 saturated carbocycles. The van der Waals surface area contributed by atoms with E-state index in [1.54, 1.807) is 0 Å². The lowest BCUT2D eigenvalue weighted by atomic mass is 9.88. The van der Waals surface area contributed by atoms with Gasteiger partial charge in [0.1, 0.15) is 6.10 Å². The first-order chi connectivity index (χ1) is 7.27. The van der Waals surface area contributed by atoms with Gasteiger partial charge < -0.3 is 4.74 Å². The number of hydrogen-bond donors (Lipinski definition) is 0. The van der Waals surface area contributed by atoms with Crippen LogP contribution in [-0.4, -0.2) is 12.1 Å². The van der Waals surface area contributed by atoms with Gasteiger partial charge in [-0.25, -0.2) is 0 Å². The van der Waals surface area contributed by atoms with Gasteiger partial charge in [-0.05, 0) is 48.5 Å². The van der Waals surface area contributed by atoms with Gasteiger partial charge in [0.05, 0.1) is 0 Å². The van der Waals surface area contributed by atoms with Gasteiger partial charge in [0.15, 0.2) is 0 Å². The summed E-state index contributed by atoms with van der Waals surface area (Å²) in [5.74, 6) is 5.27. The summed E-state index contributed by atoms with van der Waals surface area (Å²) < 4.78 is 5.47. The fourth-order valence-electron chi connectivity index (χ4n) is 4.99. The Morgan fingerprint density at radius 3 is 2.80 bits per heavy atom. The van der Waals surface area contributed by atoms with Gasteiger partial charge in [-0.2, -0.15) is 0 Å². The average molecular weight is 204 g/mol. The molecule has 0 aromatic carbocycles. The van der Waals surface area contributed by atoms with Crippen LogP contribution in [0.25, 0.3) is 0 Å². The van der Waals surface area contributed by atoms with Crippen LogP contribution in [0.2, 0.25) is 0 Å². The van der Waals surface area contributed by atoms with Crippen LogP contribution in [0.5, 0.6) is 0 Å². The van der Waals surface area contributed by atoms with Gasteiger partial charge in [-0.3, -0.25) is 4.79 Å². The molecule has 0 spiro atoms. The van der Waals surface area contributed by atoms with Crippen LogP contribution in [0.15, 0.2) is 12.2 Å². The Balaban J connectivity index is 1.67. The highest BCUT2D eigenvalue weighted by atomic mass is 16.5. The second-order valence-electron chi connectivity index (χ2n) is 5.70. The van der Waals surface area contributed by atoms with Gasteiger partial charge in [0.25, 0.3) is 0 Å². The summed E-state index contributed by atoms with van der Waals surface area (Å²) >= 11 is 0. The van der Waals surface area contributed by atoms with Crippen LogP contribution in [0.1, 0.15) is 19.8 Å². The molecule has 7 atom stereocenters. The van der Waals surface area contributed by atoms with E-state index in [-0.39, 0.29) is 12.1 Å². The zero-order valence-corrected chi connectivity index (χ0v) is 8.93. The van der Waals surface area contributed by atoms with E-state index in [0.29, 0.717) is 5.92 Å². The van der Waals surface area contributed by atoms with Gasteiger partial charge in [-0.15, -0.1) is 0 Å². The molecule has 6 bridgehead atoms. The predicted molar refractivity (Wildman–Crippen MR) is 54.9 cm³/mol. The van der Waals surface area contributed by atoms with Crippen LogP contribution < -0.4 is 0 Å². The van der Waals surface area contributed by atoms with Crippen molar-refractivity contribution in [3.05, 3.63) is 12.2 Å². The fraction of sp³-hybridized carbons (Fsp3) is 0.769. The normalized spacial score (nSPS) is 57.8. The molecule has 2 nitrogen and oxygen atoms in total. The Kier molecular flexibility index (Phi) is 1.38. The Labute approximate surface area is 89.7 Å². The van der Waals surface area contributed by atoms with Crippen molar-refractivity contribution in [2.45, 2.75) is 25.9 Å². The van der Waals surface area contributed by atoms with Crippen LogP contribution in [0.3, 0.4) is 0 Å². The van der Waals surface area contributed by atoms with Crippen molar-refractivity contribution >= 4 is 5.97 Å². The highest BCUT2D eigenvalue weighted by Gasteiger charge is 2.74. The Bertz CT molecular complexity index is 360. The molecule has 80 valence electrons. The molecule has 0 aromatic heterocycles. The summed E-state index contributed by atoms with van der Waals surface area (Å²) in [7, 11) is 0. The summed E-state index contributed by atoms with van der Waals surface area (Å²) in [5.41, 5.74) is 0. The Morgan fingerprint density at radius 1 is 1.20 bits per heavy atom. The number of carbonyl (C=O) groups is 1. The minimum absolute atomic E-state index is 0.0972. The molecule has 5 aliphatic rings. The Hall–Kier alpha value is -0.790. The van der Waals surface area contributed by atoms with Crippen molar-refractivity contribution in [2.75, 3.05) is 0 Å². The van der Waals surface area contributed by atoms with Crippen molar-refractivity contribution < 1.29 is 9.53 Å². The standard InChI is InChI=1S/C13H16O2/c1-6(14)15-10-4-2-3-7-8-5-9-11(7)13(9)12(8)10/h2,4,7-13H,3,5H2,1H3/t7-,8-,9+,10+,11-,12-,13+/m0/s1. The predicted octanol–water partition coefficient (Wildman–Crippen LogP) is 2.01. The molecule has 5 aliphatic carbocycles. The zero-order chi connectivity index (χ0) is 10.2. The second-order valence-corrected chi connectivity index (χ2v) is 5.70. The quantitative estimate of drug-likeness (QED) is 0.482. The van der Waals surface area contributed by atoms with Gasteiger partial charge in [-0.1, -0.05) is 6.08 Å². The molecule has 0 aromatic rings. The lowest BCUT2D eigenvalue weighted by molar-refractivity contribution is -0.147. The lowest BCUT2D eigenvalue weighted by Gasteiger charge is -2.23. The molecule has 0 saturated heterocycles. The minimum Gasteiger partial charge on any atom is -0.458 e. The average Bonchev–Trinajstić information content (AvgIpc) is 2.52. The number of rotatable bonds is 1. The molecule has 15 heavy (non-hydrogen) atoms. The Morgan fingerprint density at radius 2 is 2.07 bits per heavy atom. The molecule has 0 N–H and O–H groups in total. The number of esters is 1. The van der Waals surface area contributed by atoms with Crippen molar-refractivity contribution in [3.63, 3.8) is 0 Å². The summed E-state index contributed by atoms with van der Waals surface area (Å²) in [6, 6.07) is 0. The highest BCUT2D eigenvalue weighted by molar-refractivity contribution is 5.66.